The molecule has 2 aromatic heterocycles. The zero-order valence-corrected chi connectivity index (χ0v) is 16.5. The SMILES string of the molecule is Cc1cc(F)cc(-c2noc(/C(N)=C(\c3ccncc3)N(N)c3ccccc3F)n2)c1. The number of pyridine rings is 1. The second kappa shape index (κ2) is 8.33. The molecular formula is C22H18F2N6O. The summed E-state index contributed by atoms with van der Waals surface area (Å²) in [6.07, 6.45) is 3.10. The number of aromatic nitrogens is 3. The summed E-state index contributed by atoms with van der Waals surface area (Å²) in [6.45, 7) is 1.75. The van der Waals surface area contributed by atoms with E-state index >= 15 is 0 Å². The van der Waals surface area contributed by atoms with Crippen molar-refractivity contribution in [3.8, 4) is 11.4 Å². The van der Waals surface area contributed by atoms with Crippen molar-refractivity contribution >= 4 is 17.1 Å². The molecule has 7 nitrogen and oxygen atoms in total. The molecule has 0 aliphatic heterocycles. The van der Waals surface area contributed by atoms with Gasteiger partial charge >= 0.3 is 0 Å². The molecule has 0 radical (unpaired) electrons. The normalized spacial score (nSPS) is 11.9. The first kappa shape index (κ1) is 20.2. The number of nitrogens with zero attached hydrogens (tertiary/aromatic N) is 4. The minimum atomic E-state index is -0.536. The van der Waals surface area contributed by atoms with Crippen molar-refractivity contribution in [1.29, 1.82) is 0 Å². The molecule has 2 aromatic carbocycles. The van der Waals surface area contributed by atoms with Gasteiger partial charge in [-0.15, -0.1) is 0 Å². The predicted octanol–water partition coefficient (Wildman–Crippen LogP) is 3.88. The maximum Gasteiger partial charge on any atom is 0.276 e. The second-order valence-electron chi connectivity index (χ2n) is 6.76. The van der Waals surface area contributed by atoms with Gasteiger partial charge in [0, 0.05) is 23.5 Å². The van der Waals surface area contributed by atoms with Gasteiger partial charge in [0.25, 0.3) is 5.89 Å². The van der Waals surface area contributed by atoms with Crippen molar-refractivity contribution in [2.24, 2.45) is 11.6 Å². The molecule has 0 aliphatic carbocycles. The number of nitrogens with two attached hydrogens (primary N) is 2. The first-order valence-corrected chi connectivity index (χ1v) is 9.25. The summed E-state index contributed by atoms with van der Waals surface area (Å²) in [5.74, 6) is 5.42. The van der Waals surface area contributed by atoms with Gasteiger partial charge in [0.1, 0.15) is 17.3 Å². The lowest BCUT2D eigenvalue weighted by atomic mass is 10.1. The standard InChI is InChI=1S/C22H18F2N6O/c1-13-10-15(12-16(23)11-13)21-28-22(31-29-21)19(25)20(14-6-8-27-9-7-14)30(26)18-5-3-2-4-17(18)24/h2-12H,25-26H2,1H3/b20-19-. The largest absolute Gasteiger partial charge is 0.392 e. The van der Waals surface area contributed by atoms with Crippen LogP contribution in [0.5, 0.6) is 0 Å². The van der Waals surface area contributed by atoms with Crippen LogP contribution in [-0.2, 0) is 0 Å². The Hall–Kier alpha value is -4.11. The van der Waals surface area contributed by atoms with Crippen LogP contribution in [0.4, 0.5) is 14.5 Å². The van der Waals surface area contributed by atoms with Crippen LogP contribution in [0.25, 0.3) is 22.8 Å². The molecule has 4 N–H and O–H groups in total. The molecular weight excluding hydrogens is 402 g/mol. The van der Waals surface area contributed by atoms with Gasteiger partial charge in [0.15, 0.2) is 0 Å². The number of aryl methyl sites for hydroxylation is 1. The third-order valence-corrected chi connectivity index (χ3v) is 4.52. The minimum absolute atomic E-state index is 0.0174. The predicted molar refractivity (Wildman–Crippen MR) is 113 cm³/mol. The molecule has 0 aliphatic rings. The molecule has 4 rings (SSSR count). The molecule has 0 spiro atoms. The molecule has 0 atom stereocenters. The highest BCUT2D eigenvalue weighted by molar-refractivity contribution is 5.93. The van der Waals surface area contributed by atoms with Crippen LogP contribution in [-0.4, -0.2) is 15.1 Å². The molecule has 4 aromatic rings. The summed E-state index contributed by atoms with van der Waals surface area (Å²) in [5, 5.41) is 5.01. The highest BCUT2D eigenvalue weighted by atomic mass is 19.1. The van der Waals surface area contributed by atoms with E-state index in [0.717, 1.165) is 5.01 Å². The Labute approximate surface area is 176 Å². The quantitative estimate of drug-likeness (QED) is 0.373. The van der Waals surface area contributed by atoms with E-state index in [1.54, 1.807) is 49.6 Å². The van der Waals surface area contributed by atoms with Crippen LogP contribution in [0, 0.1) is 18.6 Å². The number of benzene rings is 2. The molecule has 0 bridgehead atoms. The molecule has 9 heteroatoms. The van der Waals surface area contributed by atoms with E-state index in [-0.39, 0.29) is 28.8 Å². The molecule has 0 amide bonds. The Bertz CT molecular complexity index is 1240. The summed E-state index contributed by atoms with van der Waals surface area (Å²) in [4.78, 5) is 8.27. The van der Waals surface area contributed by atoms with Gasteiger partial charge in [-0.1, -0.05) is 17.3 Å². The van der Waals surface area contributed by atoms with Gasteiger partial charge in [-0.2, -0.15) is 4.98 Å². The number of hydrogen-bond acceptors (Lipinski definition) is 7. The van der Waals surface area contributed by atoms with Crippen molar-refractivity contribution in [2.75, 3.05) is 5.01 Å². The fourth-order valence-electron chi connectivity index (χ4n) is 3.12. The van der Waals surface area contributed by atoms with Crippen molar-refractivity contribution in [3.05, 3.63) is 95.6 Å². The second-order valence-corrected chi connectivity index (χ2v) is 6.76. The van der Waals surface area contributed by atoms with E-state index in [1.165, 1.54) is 24.3 Å². The summed E-state index contributed by atoms with van der Waals surface area (Å²) in [6, 6.07) is 13.7. The Kier molecular flexibility index (Phi) is 5.42. The van der Waals surface area contributed by atoms with Gasteiger partial charge in [0.05, 0.1) is 11.4 Å². The number of rotatable bonds is 5. The van der Waals surface area contributed by atoms with Gasteiger partial charge < -0.3 is 10.3 Å². The Morgan fingerprint density at radius 1 is 1.03 bits per heavy atom. The van der Waals surface area contributed by atoms with Gasteiger partial charge in [-0.05, 0) is 55.0 Å². The van der Waals surface area contributed by atoms with E-state index in [1.807, 2.05) is 0 Å². The Morgan fingerprint density at radius 3 is 2.48 bits per heavy atom. The van der Waals surface area contributed by atoms with Gasteiger partial charge in [0.2, 0.25) is 5.82 Å². The van der Waals surface area contributed by atoms with E-state index in [2.05, 4.69) is 15.1 Å². The van der Waals surface area contributed by atoms with E-state index < -0.39 is 11.6 Å². The third-order valence-electron chi connectivity index (χ3n) is 4.52. The number of hydrazine groups is 1. The summed E-state index contributed by atoms with van der Waals surface area (Å²) in [7, 11) is 0. The molecule has 0 saturated heterocycles. The summed E-state index contributed by atoms with van der Waals surface area (Å²) < 4.78 is 33.5. The van der Waals surface area contributed by atoms with Crippen LogP contribution < -0.4 is 16.6 Å². The van der Waals surface area contributed by atoms with Crippen LogP contribution in [0.15, 0.2) is 71.5 Å². The van der Waals surface area contributed by atoms with E-state index in [0.29, 0.717) is 16.7 Å². The van der Waals surface area contributed by atoms with Crippen molar-refractivity contribution < 1.29 is 13.3 Å². The van der Waals surface area contributed by atoms with E-state index in [4.69, 9.17) is 16.1 Å². The zero-order chi connectivity index (χ0) is 22.0. The Morgan fingerprint density at radius 2 is 1.77 bits per heavy atom. The highest BCUT2D eigenvalue weighted by Gasteiger charge is 2.22. The van der Waals surface area contributed by atoms with Crippen LogP contribution >= 0.6 is 0 Å². The maximum absolute atomic E-state index is 14.4. The minimum Gasteiger partial charge on any atom is -0.392 e. The Balaban J connectivity index is 1.83. The molecule has 2 heterocycles. The lowest BCUT2D eigenvalue weighted by Crippen LogP contribution is -2.32. The zero-order valence-electron chi connectivity index (χ0n) is 16.5. The van der Waals surface area contributed by atoms with Crippen molar-refractivity contribution in [3.63, 3.8) is 0 Å². The van der Waals surface area contributed by atoms with Crippen molar-refractivity contribution in [2.45, 2.75) is 6.92 Å². The fourth-order valence-corrected chi connectivity index (χ4v) is 3.12. The van der Waals surface area contributed by atoms with Crippen LogP contribution in [0.1, 0.15) is 17.0 Å². The first-order chi connectivity index (χ1) is 14.9. The lowest BCUT2D eigenvalue weighted by molar-refractivity contribution is 0.408. The first-order valence-electron chi connectivity index (χ1n) is 9.25. The number of hydrogen-bond donors (Lipinski definition) is 2. The summed E-state index contributed by atoms with van der Waals surface area (Å²) in [5.41, 5.74) is 8.40. The average molecular weight is 420 g/mol. The van der Waals surface area contributed by atoms with E-state index in [9.17, 15) is 8.78 Å². The van der Waals surface area contributed by atoms with Gasteiger partial charge in [-0.25, -0.2) is 14.6 Å². The van der Waals surface area contributed by atoms with Crippen molar-refractivity contribution in [1.82, 2.24) is 15.1 Å². The highest BCUT2D eigenvalue weighted by Crippen LogP contribution is 2.30. The van der Waals surface area contributed by atoms with Crippen LogP contribution in [0.3, 0.4) is 0 Å². The maximum atomic E-state index is 14.4. The van der Waals surface area contributed by atoms with Crippen LogP contribution in [0.2, 0.25) is 0 Å². The molecule has 156 valence electrons. The average Bonchev–Trinajstić information content (AvgIpc) is 3.25. The number of halogens is 2. The number of anilines is 1. The molecule has 0 saturated carbocycles. The molecule has 0 fully saturated rings. The smallest absolute Gasteiger partial charge is 0.276 e. The lowest BCUT2D eigenvalue weighted by Gasteiger charge is -2.23. The molecule has 0 unspecified atom stereocenters. The monoisotopic (exact) mass is 420 g/mol. The topological polar surface area (TPSA) is 107 Å². The molecule has 31 heavy (non-hydrogen) atoms. The van der Waals surface area contributed by atoms with Gasteiger partial charge in [-0.3, -0.25) is 9.99 Å². The fraction of sp³-hybridized carbons (Fsp3) is 0.0455. The summed E-state index contributed by atoms with van der Waals surface area (Å²) >= 11 is 0. The third kappa shape index (κ3) is 4.12. The number of para-hydroxylation sites is 1.